The van der Waals surface area contributed by atoms with Gasteiger partial charge in [0.2, 0.25) is 0 Å². The molecular formula is C13H12F4N2O2. The number of esters is 1. The minimum atomic E-state index is -5.00. The topological polar surface area (TPSA) is 64.7 Å². The van der Waals surface area contributed by atoms with Gasteiger partial charge in [0.05, 0.1) is 12.3 Å². The molecule has 0 saturated carbocycles. The predicted octanol–water partition coefficient (Wildman–Crippen LogP) is 2.87. The van der Waals surface area contributed by atoms with Crippen molar-refractivity contribution < 1.29 is 27.1 Å². The van der Waals surface area contributed by atoms with Crippen LogP contribution in [0.15, 0.2) is 41.0 Å². The molecule has 0 unspecified atom stereocenters. The van der Waals surface area contributed by atoms with Crippen LogP contribution in [0, 0.1) is 5.82 Å². The number of nitrogens with zero attached hydrogens (tertiary/aromatic N) is 1. The Morgan fingerprint density at radius 3 is 2.48 bits per heavy atom. The van der Waals surface area contributed by atoms with Gasteiger partial charge in [-0.1, -0.05) is 12.1 Å². The van der Waals surface area contributed by atoms with Crippen LogP contribution in [-0.2, 0) is 9.53 Å². The summed E-state index contributed by atoms with van der Waals surface area (Å²) in [5, 5.41) is 0. The molecule has 0 aliphatic rings. The van der Waals surface area contributed by atoms with Gasteiger partial charge in [0.25, 0.3) is 0 Å². The molecule has 4 nitrogen and oxygen atoms in total. The summed E-state index contributed by atoms with van der Waals surface area (Å²) >= 11 is 0. The lowest BCUT2D eigenvalue weighted by Gasteiger charge is -2.13. The summed E-state index contributed by atoms with van der Waals surface area (Å²) in [6, 6.07) is 4.60. The van der Waals surface area contributed by atoms with Crippen LogP contribution in [-0.4, -0.2) is 24.5 Å². The molecule has 0 heterocycles. The minimum absolute atomic E-state index is 0.138. The summed E-state index contributed by atoms with van der Waals surface area (Å²) in [5.41, 5.74) is 1.90. The third kappa shape index (κ3) is 4.30. The highest BCUT2D eigenvalue weighted by Crippen LogP contribution is 2.27. The largest absolute Gasteiger partial charge is 0.462 e. The molecular weight excluding hydrogens is 292 g/mol. The molecule has 0 aromatic heterocycles. The van der Waals surface area contributed by atoms with E-state index in [0.29, 0.717) is 6.20 Å². The monoisotopic (exact) mass is 304 g/mol. The van der Waals surface area contributed by atoms with Crippen molar-refractivity contribution in [3.8, 4) is 0 Å². The number of para-hydroxylation sites is 1. The Bertz CT molecular complexity index is 580. The number of ether oxygens (including phenoxy) is 1. The Balaban J connectivity index is 3.37. The Labute approximate surface area is 117 Å². The lowest BCUT2D eigenvalue weighted by molar-refractivity contribution is -0.138. The second-order valence-electron chi connectivity index (χ2n) is 3.71. The van der Waals surface area contributed by atoms with Crippen LogP contribution in [0.4, 0.5) is 23.2 Å². The van der Waals surface area contributed by atoms with E-state index >= 15 is 0 Å². The lowest BCUT2D eigenvalue weighted by atomic mass is 10.1. The summed E-state index contributed by atoms with van der Waals surface area (Å²) in [4.78, 5) is 14.7. The number of hydrogen-bond acceptors (Lipinski definition) is 4. The maximum Gasteiger partial charge on any atom is 0.434 e. The molecule has 0 saturated heterocycles. The average molecular weight is 304 g/mol. The van der Waals surface area contributed by atoms with Gasteiger partial charge in [-0.25, -0.2) is 14.2 Å². The number of alkyl halides is 3. The van der Waals surface area contributed by atoms with E-state index in [1.165, 1.54) is 19.1 Å². The third-order valence-corrected chi connectivity index (χ3v) is 2.27. The van der Waals surface area contributed by atoms with E-state index in [-0.39, 0.29) is 6.61 Å². The number of benzene rings is 1. The number of halogens is 4. The maximum atomic E-state index is 13.4. The Kier molecular flexibility index (Phi) is 5.45. The predicted molar refractivity (Wildman–Crippen MR) is 68.5 cm³/mol. The number of rotatable bonds is 4. The average Bonchev–Trinajstić information content (AvgIpc) is 2.40. The first-order valence-corrected chi connectivity index (χ1v) is 5.81. The van der Waals surface area contributed by atoms with E-state index < -0.39 is 34.9 Å². The molecule has 0 spiro atoms. The number of carbonyl (C=O) groups excluding carboxylic acids is 1. The van der Waals surface area contributed by atoms with Gasteiger partial charge in [-0.2, -0.15) is 13.2 Å². The van der Waals surface area contributed by atoms with Crippen molar-refractivity contribution in [2.24, 2.45) is 10.7 Å². The molecule has 1 aromatic carbocycles. The number of nitrogens with two attached hydrogens (primary N) is 1. The standard InChI is InChI=1S/C13H12F4N2O2/c1-2-21-12(20)8(7-18)11(13(15,16)17)19-10-6-4-3-5-9(10)14/h3-7H,2,18H2,1H3. The van der Waals surface area contributed by atoms with Crippen LogP contribution < -0.4 is 5.73 Å². The van der Waals surface area contributed by atoms with Gasteiger partial charge in [-0.15, -0.1) is 0 Å². The van der Waals surface area contributed by atoms with Gasteiger partial charge in [0.15, 0.2) is 5.71 Å². The highest BCUT2D eigenvalue weighted by molar-refractivity contribution is 6.22. The van der Waals surface area contributed by atoms with Crippen LogP contribution in [0.2, 0.25) is 0 Å². The first kappa shape index (κ1) is 16.7. The molecule has 0 fully saturated rings. The van der Waals surface area contributed by atoms with Crippen molar-refractivity contribution in [3.63, 3.8) is 0 Å². The molecule has 0 aliphatic carbocycles. The van der Waals surface area contributed by atoms with Gasteiger partial charge in [-0.05, 0) is 19.1 Å². The smallest absolute Gasteiger partial charge is 0.434 e. The van der Waals surface area contributed by atoms with E-state index in [4.69, 9.17) is 5.73 Å². The molecule has 0 bridgehead atoms. The highest BCUT2D eigenvalue weighted by Gasteiger charge is 2.41. The molecule has 8 heteroatoms. The van der Waals surface area contributed by atoms with Gasteiger partial charge in [0, 0.05) is 6.20 Å². The fraction of sp³-hybridized carbons (Fsp3) is 0.231. The molecule has 21 heavy (non-hydrogen) atoms. The van der Waals surface area contributed by atoms with E-state index in [1.807, 2.05) is 0 Å². The van der Waals surface area contributed by atoms with Crippen molar-refractivity contribution >= 4 is 17.4 Å². The van der Waals surface area contributed by atoms with Crippen LogP contribution in [0.1, 0.15) is 6.92 Å². The van der Waals surface area contributed by atoms with Crippen molar-refractivity contribution in [2.75, 3.05) is 6.61 Å². The molecule has 0 radical (unpaired) electrons. The lowest BCUT2D eigenvalue weighted by Crippen LogP contribution is -2.30. The Morgan fingerprint density at radius 2 is 2.00 bits per heavy atom. The highest BCUT2D eigenvalue weighted by atomic mass is 19.4. The number of aliphatic imine (C=N–C) groups is 1. The molecule has 1 rings (SSSR count). The number of carbonyl (C=O) groups is 1. The molecule has 1 aromatic rings. The fourth-order valence-electron chi connectivity index (χ4n) is 1.39. The summed E-state index contributed by atoms with van der Waals surface area (Å²) in [7, 11) is 0. The van der Waals surface area contributed by atoms with E-state index in [0.717, 1.165) is 12.1 Å². The Morgan fingerprint density at radius 1 is 1.38 bits per heavy atom. The van der Waals surface area contributed by atoms with Gasteiger partial charge >= 0.3 is 12.1 Å². The zero-order valence-corrected chi connectivity index (χ0v) is 10.9. The van der Waals surface area contributed by atoms with Crippen LogP contribution >= 0.6 is 0 Å². The van der Waals surface area contributed by atoms with Gasteiger partial charge < -0.3 is 10.5 Å². The molecule has 0 aliphatic heterocycles. The summed E-state index contributed by atoms with van der Waals surface area (Å²) in [6.45, 7) is 1.29. The normalized spacial score (nSPS) is 13.2. The second kappa shape index (κ2) is 6.87. The van der Waals surface area contributed by atoms with Gasteiger partial charge in [-0.3, -0.25) is 0 Å². The summed E-state index contributed by atoms with van der Waals surface area (Å²) in [6.07, 6.45) is -4.56. The zero-order valence-electron chi connectivity index (χ0n) is 10.9. The number of hydrogen-bond donors (Lipinski definition) is 1. The van der Waals surface area contributed by atoms with Crippen molar-refractivity contribution in [3.05, 3.63) is 41.9 Å². The van der Waals surface area contributed by atoms with Crippen molar-refractivity contribution in [1.29, 1.82) is 0 Å². The molecule has 114 valence electrons. The van der Waals surface area contributed by atoms with E-state index in [9.17, 15) is 22.4 Å². The van der Waals surface area contributed by atoms with Crippen LogP contribution in [0.3, 0.4) is 0 Å². The van der Waals surface area contributed by atoms with Crippen molar-refractivity contribution in [1.82, 2.24) is 0 Å². The minimum Gasteiger partial charge on any atom is -0.462 e. The first-order valence-electron chi connectivity index (χ1n) is 5.81. The maximum absolute atomic E-state index is 13.4. The van der Waals surface area contributed by atoms with E-state index in [2.05, 4.69) is 9.73 Å². The summed E-state index contributed by atoms with van der Waals surface area (Å²) in [5.74, 6) is -2.24. The first-order chi connectivity index (χ1) is 9.81. The molecule has 0 atom stereocenters. The molecule has 0 amide bonds. The second-order valence-corrected chi connectivity index (χ2v) is 3.71. The summed E-state index contributed by atoms with van der Waals surface area (Å²) < 4.78 is 56.9. The van der Waals surface area contributed by atoms with Crippen LogP contribution in [0.25, 0.3) is 0 Å². The zero-order chi connectivity index (χ0) is 16.0. The van der Waals surface area contributed by atoms with Crippen molar-refractivity contribution in [2.45, 2.75) is 13.1 Å². The fourth-order valence-corrected chi connectivity index (χ4v) is 1.39. The SMILES string of the molecule is CCOC(=O)C(=CN)C(=Nc1ccccc1F)C(F)(F)F. The quantitative estimate of drug-likeness (QED) is 0.402. The Hall–Kier alpha value is -2.38. The molecule has 2 N–H and O–H groups in total. The van der Waals surface area contributed by atoms with E-state index in [1.54, 1.807) is 0 Å². The van der Waals surface area contributed by atoms with Gasteiger partial charge in [0.1, 0.15) is 11.4 Å². The third-order valence-electron chi connectivity index (χ3n) is 2.27. The van der Waals surface area contributed by atoms with Crippen LogP contribution in [0.5, 0.6) is 0 Å².